The van der Waals surface area contributed by atoms with Crippen molar-refractivity contribution < 1.29 is 18.0 Å². The molecule has 0 N–H and O–H groups in total. The third kappa shape index (κ3) is 3.44. The van der Waals surface area contributed by atoms with E-state index in [4.69, 9.17) is 11.3 Å². The number of nitrogens with zero attached hydrogens (tertiary/aromatic N) is 2. The van der Waals surface area contributed by atoms with Gasteiger partial charge in [-0.25, -0.2) is 8.42 Å². The van der Waals surface area contributed by atoms with Crippen LogP contribution in [0.5, 0.6) is 0 Å². The summed E-state index contributed by atoms with van der Waals surface area (Å²) in [5.74, 6) is 2.13. The van der Waals surface area contributed by atoms with E-state index in [1.807, 2.05) is 30.3 Å². The molecular weight excluding hydrogens is 328 g/mol. The van der Waals surface area contributed by atoms with Crippen molar-refractivity contribution in [3.05, 3.63) is 35.9 Å². The fraction of sp³-hybridized carbons (Fsp3) is 0.412. The maximum absolute atomic E-state index is 12.7. The van der Waals surface area contributed by atoms with Crippen LogP contribution in [0.1, 0.15) is 24.5 Å². The highest BCUT2D eigenvalue weighted by Crippen LogP contribution is 2.28. The largest absolute Gasteiger partial charge is 0.387 e. The SMILES string of the molecule is C#CCN(C(=O)C1=NO[C@H](c2ccccc2)C1)[C@@H]1CCS(=O)(=O)C1. The highest BCUT2D eigenvalue weighted by atomic mass is 32.2. The van der Waals surface area contributed by atoms with Crippen molar-refractivity contribution in [1.82, 2.24) is 4.90 Å². The van der Waals surface area contributed by atoms with Gasteiger partial charge in [-0.3, -0.25) is 4.79 Å². The first-order chi connectivity index (χ1) is 11.5. The summed E-state index contributed by atoms with van der Waals surface area (Å²) in [5.41, 5.74) is 1.22. The zero-order valence-corrected chi connectivity index (χ0v) is 13.9. The predicted octanol–water partition coefficient (Wildman–Crippen LogP) is 1.15. The minimum atomic E-state index is -3.10. The molecule has 2 aliphatic heterocycles. The van der Waals surface area contributed by atoms with Crippen LogP contribution in [0.15, 0.2) is 35.5 Å². The third-order valence-corrected chi connectivity index (χ3v) is 6.01. The Labute approximate surface area is 141 Å². The fourth-order valence-corrected chi connectivity index (χ4v) is 4.73. The molecule has 2 aliphatic rings. The van der Waals surface area contributed by atoms with Crippen LogP contribution in [-0.4, -0.2) is 49.0 Å². The van der Waals surface area contributed by atoms with Gasteiger partial charge in [-0.2, -0.15) is 0 Å². The van der Waals surface area contributed by atoms with E-state index >= 15 is 0 Å². The third-order valence-electron chi connectivity index (χ3n) is 4.26. The molecule has 0 radical (unpaired) electrons. The van der Waals surface area contributed by atoms with Gasteiger partial charge in [0, 0.05) is 12.5 Å². The van der Waals surface area contributed by atoms with Crippen LogP contribution in [0.2, 0.25) is 0 Å². The molecule has 126 valence electrons. The average Bonchev–Trinajstić information content (AvgIpc) is 3.19. The zero-order chi connectivity index (χ0) is 17.2. The molecule has 0 bridgehead atoms. The van der Waals surface area contributed by atoms with Gasteiger partial charge in [0.15, 0.2) is 15.9 Å². The number of amides is 1. The van der Waals surface area contributed by atoms with E-state index in [1.54, 1.807) is 0 Å². The summed E-state index contributed by atoms with van der Waals surface area (Å²) in [6.45, 7) is 0.0635. The Bertz CT molecular complexity index is 796. The van der Waals surface area contributed by atoms with Crippen LogP contribution in [0.3, 0.4) is 0 Å². The number of hydrogen-bond acceptors (Lipinski definition) is 5. The molecule has 1 amide bonds. The van der Waals surface area contributed by atoms with Crippen LogP contribution >= 0.6 is 0 Å². The minimum absolute atomic E-state index is 0.0450. The molecule has 1 saturated heterocycles. The number of hydrogen-bond donors (Lipinski definition) is 0. The van der Waals surface area contributed by atoms with Crippen molar-refractivity contribution in [3.63, 3.8) is 0 Å². The summed E-state index contributed by atoms with van der Waals surface area (Å²) in [4.78, 5) is 19.5. The lowest BCUT2D eigenvalue weighted by atomic mass is 10.0. The Morgan fingerprint density at radius 3 is 2.75 bits per heavy atom. The normalized spacial score (nSPS) is 24.7. The lowest BCUT2D eigenvalue weighted by molar-refractivity contribution is -0.125. The lowest BCUT2D eigenvalue weighted by Crippen LogP contribution is -2.44. The molecule has 3 rings (SSSR count). The van der Waals surface area contributed by atoms with E-state index in [2.05, 4.69) is 11.1 Å². The average molecular weight is 346 g/mol. The number of oxime groups is 1. The fourth-order valence-electron chi connectivity index (χ4n) is 3.00. The molecule has 1 aromatic rings. The molecule has 1 fully saturated rings. The molecule has 2 heterocycles. The lowest BCUT2D eigenvalue weighted by Gasteiger charge is -2.25. The second-order valence-corrected chi connectivity index (χ2v) is 8.17. The number of benzene rings is 1. The van der Waals surface area contributed by atoms with Crippen LogP contribution in [0.25, 0.3) is 0 Å². The van der Waals surface area contributed by atoms with Gasteiger partial charge in [-0.15, -0.1) is 6.42 Å². The maximum Gasteiger partial charge on any atom is 0.272 e. The van der Waals surface area contributed by atoms with Crippen molar-refractivity contribution in [1.29, 1.82) is 0 Å². The predicted molar refractivity (Wildman–Crippen MR) is 89.9 cm³/mol. The number of carbonyl (C=O) groups excluding carboxylic acids is 1. The Hall–Kier alpha value is -2.33. The van der Waals surface area contributed by atoms with E-state index in [9.17, 15) is 13.2 Å². The zero-order valence-electron chi connectivity index (χ0n) is 13.1. The van der Waals surface area contributed by atoms with Crippen molar-refractivity contribution in [2.24, 2.45) is 5.16 Å². The Morgan fingerprint density at radius 1 is 1.38 bits per heavy atom. The van der Waals surface area contributed by atoms with Crippen LogP contribution in [0, 0.1) is 12.3 Å². The number of terminal acetylenes is 1. The van der Waals surface area contributed by atoms with Crippen molar-refractivity contribution in [2.75, 3.05) is 18.1 Å². The topological polar surface area (TPSA) is 76.0 Å². The van der Waals surface area contributed by atoms with Gasteiger partial charge in [0.2, 0.25) is 0 Å². The second kappa shape index (κ2) is 6.65. The van der Waals surface area contributed by atoms with Crippen molar-refractivity contribution in [2.45, 2.75) is 25.0 Å². The molecule has 0 saturated carbocycles. The molecule has 0 aliphatic carbocycles. The summed E-state index contributed by atoms with van der Waals surface area (Å²) in [5, 5.41) is 3.91. The highest BCUT2D eigenvalue weighted by molar-refractivity contribution is 7.91. The monoisotopic (exact) mass is 346 g/mol. The van der Waals surface area contributed by atoms with E-state index in [-0.39, 0.29) is 35.8 Å². The summed E-state index contributed by atoms with van der Waals surface area (Å²) in [6, 6.07) is 9.13. The Morgan fingerprint density at radius 2 is 2.12 bits per heavy atom. The van der Waals surface area contributed by atoms with Crippen molar-refractivity contribution >= 4 is 21.5 Å². The molecule has 24 heavy (non-hydrogen) atoms. The molecule has 0 aromatic heterocycles. The number of carbonyl (C=O) groups is 1. The van der Waals surface area contributed by atoms with Gasteiger partial charge < -0.3 is 9.74 Å². The van der Waals surface area contributed by atoms with E-state index in [1.165, 1.54) is 4.90 Å². The first-order valence-electron chi connectivity index (χ1n) is 7.72. The molecule has 0 spiro atoms. The number of sulfone groups is 1. The molecule has 2 atom stereocenters. The molecule has 6 nitrogen and oxygen atoms in total. The molecule has 1 aromatic carbocycles. The maximum atomic E-state index is 12.7. The van der Waals surface area contributed by atoms with E-state index in [0.29, 0.717) is 12.8 Å². The van der Waals surface area contributed by atoms with Crippen LogP contribution < -0.4 is 0 Å². The Kier molecular flexibility index (Phi) is 4.58. The first-order valence-corrected chi connectivity index (χ1v) is 9.55. The standard InChI is InChI=1S/C17H18N2O4S/c1-2-9-19(14-8-10-24(21,22)12-14)17(20)15-11-16(23-18-15)13-6-4-3-5-7-13/h1,3-7,14,16H,8-12H2/t14-,16+/m1/s1. The molecular formula is C17H18N2O4S. The van der Waals surface area contributed by atoms with Crippen LogP contribution in [0.4, 0.5) is 0 Å². The molecule has 7 heteroatoms. The van der Waals surface area contributed by atoms with Crippen LogP contribution in [-0.2, 0) is 19.5 Å². The van der Waals surface area contributed by atoms with Gasteiger partial charge in [-0.1, -0.05) is 41.4 Å². The smallest absolute Gasteiger partial charge is 0.272 e. The molecule has 0 unspecified atom stereocenters. The highest BCUT2D eigenvalue weighted by Gasteiger charge is 2.37. The quantitative estimate of drug-likeness (QED) is 0.767. The minimum Gasteiger partial charge on any atom is -0.387 e. The summed E-state index contributed by atoms with van der Waals surface area (Å²) < 4.78 is 23.4. The summed E-state index contributed by atoms with van der Waals surface area (Å²) in [7, 11) is -3.10. The van der Waals surface area contributed by atoms with Gasteiger partial charge in [-0.05, 0) is 12.0 Å². The van der Waals surface area contributed by atoms with Gasteiger partial charge >= 0.3 is 0 Å². The van der Waals surface area contributed by atoms with E-state index < -0.39 is 15.9 Å². The second-order valence-electron chi connectivity index (χ2n) is 5.94. The summed E-state index contributed by atoms with van der Waals surface area (Å²) >= 11 is 0. The van der Waals surface area contributed by atoms with Gasteiger partial charge in [0.1, 0.15) is 5.71 Å². The number of rotatable bonds is 4. The first kappa shape index (κ1) is 16.5. The van der Waals surface area contributed by atoms with Gasteiger partial charge in [0.05, 0.1) is 18.1 Å². The Balaban J connectivity index is 1.71. The summed E-state index contributed by atoms with van der Waals surface area (Å²) in [6.07, 6.45) is 5.81. The van der Waals surface area contributed by atoms with Crippen molar-refractivity contribution in [3.8, 4) is 12.3 Å². The van der Waals surface area contributed by atoms with E-state index in [0.717, 1.165) is 5.56 Å². The van der Waals surface area contributed by atoms with Gasteiger partial charge in [0.25, 0.3) is 5.91 Å².